The standard InChI is InChI=1S/C11H17N5O3/c1-15-5-13-10(16(17)18)11(15)14-8-7(12)6-3-2-4-19-9(6)8/h5-9,14H,2-4,12H2,1H3. The first-order valence-corrected chi connectivity index (χ1v) is 6.39. The smallest absolute Gasteiger partial charge is 0.376 e. The molecule has 0 amide bonds. The second-order valence-electron chi connectivity index (χ2n) is 5.17. The maximum Gasteiger partial charge on any atom is 0.406 e. The lowest BCUT2D eigenvalue weighted by Crippen LogP contribution is -2.69. The molecule has 8 heteroatoms. The van der Waals surface area contributed by atoms with Crippen molar-refractivity contribution in [3.63, 3.8) is 0 Å². The van der Waals surface area contributed by atoms with Crippen molar-refractivity contribution in [3.05, 3.63) is 16.4 Å². The molecule has 4 atom stereocenters. The molecule has 1 aliphatic heterocycles. The third kappa shape index (κ3) is 1.87. The van der Waals surface area contributed by atoms with Gasteiger partial charge in [-0.2, -0.15) is 0 Å². The first-order valence-electron chi connectivity index (χ1n) is 6.39. The van der Waals surface area contributed by atoms with Crippen LogP contribution in [0.15, 0.2) is 6.33 Å². The van der Waals surface area contributed by atoms with Gasteiger partial charge in [0, 0.05) is 25.6 Å². The van der Waals surface area contributed by atoms with Crippen LogP contribution in [0.5, 0.6) is 0 Å². The highest BCUT2D eigenvalue weighted by Gasteiger charge is 2.51. The lowest BCUT2D eigenvalue weighted by Gasteiger charge is -2.52. The van der Waals surface area contributed by atoms with Crippen LogP contribution >= 0.6 is 0 Å². The predicted octanol–water partition coefficient (Wildman–Crippen LogP) is 0.245. The third-order valence-electron chi connectivity index (χ3n) is 4.07. The molecule has 4 unspecified atom stereocenters. The summed E-state index contributed by atoms with van der Waals surface area (Å²) < 4.78 is 7.31. The first-order chi connectivity index (χ1) is 9.09. The van der Waals surface area contributed by atoms with E-state index in [9.17, 15) is 10.1 Å². The summed E-state index contributed by atoms with van der Waals surface area (Å²) in [5, 5.41) is 14.0. The Morgan fingerprint density at radius 3 is 3.21 bits per heavy atom. The largest absolute Gasteiger partial charge is 0.406 e. The monoisotopic (exact) mass is 267 g/mol. The van der Waals surface area contributed by atoms with Crippen molar-refractivity contribution in [1.29, 1.82) is 0 Å². The highest BCUT2D eigenvalue weighted by atomic mass is 16.6. The van der Waals surface area contributed by atoms with Crippen LogP contribution in [0.3, 0.4) is 0 Å². The Kier molecular flexibility index (Phi) is 2.90. The molecular formula is C11H17N5O3. The van der Waals surface area contributed by atoms with Gasteiger partial charge in [-0.15, -0.1) is 0 Å². The van der Waals surface area contributed by atoms with E-state index in [2.05, 4.69) is 10.3 Å². The fourth-order valence-electron chi connectivity index (χ4n) is 3.00. The average Bonchev–Trinajstić information content (AvgIpc) is 2.77. The van der Waals surface area contributed by atoms with Crippen LogP contribution < -0.4 is 11.1 Å². The number of hydrogen-bond acceptors (Lipinski definition) is 6. The van der Waals surface area contributed by atoms with Gasteiger partial charge >= 0.3 is 5.82 Å². The number of hydrogen-bond donors (Lipinski definition) is 2. The Balaban J connectivity index is 1.78. The molecule has 1 aliphatic carbocycles. The summed E-state index contributed by atoms with van der Waals surface area (Å²) in [6, 6.07) is -0.112. The number of nitrogens with zero attached hydrogens (tertiary/aromatic N) is 3. The topological polar surface area (TPSA) is 108 Å². The zero-order valence-electron chi connectivity index (χ0n) is 10.7. The van der Waals surface area contributed by atoms with Crippen LogP contribution in [0.2, 0.25) is 0 Å². The van der Waals surface area contributed by atoms with E-state index >= 15 is 0 Å². The quantitative estimate of drug-likeness (QED) is 0.600. The molecule has 3 rings (SSSR count). The first kappa shape index (κ1) is 12.4. The minimum atomic E-state index is -0.494. The predicted molar refractivity (Wildman–Crippen MR) is 67.7 cm³/mol. The Bertz CT molecular complexity index is 503. The normalized spacial score (nSPS) is 33.4. The van der Waals surface area contributed by atoms with Crippen LogP contribution in [0, 0.1) is 16.0 Å². The highest BCUT2D eigenvalue weighted by Crippen LogP contribution is 2.39. The molecular weight excluding hydrogens is 250 g/mol. The van der Waals surface area contributed by atoms with Gasteiger partial charge in [0.15, 0.2) is 0 Å². The van der Waals surface area contributed by atoms with Gasteiger partial charge in [-0.3, -0.25) is 4.57 Å². The molecule has 2 aliphatic rings. The summed E-state index contributed by atoms with van der Waals surface area (Å²) in [4.78, 5) is 14.2. The molecule has 1 aromatic rings. The summed E-state index contributed by atoms with van der Waals surface area (Å²) in [7, 11) is 1.71. The molecule has 1 aromatic heterocycles. The van der Waals surface area contributed by atoms with Gasteiger partial charge in [0.2, 0.25) is 12.1 Å². The number of ether oxygens (including phenoxy) is 1. The molecule has 8 nitrogen and oxygen atoms in total. The van der Waals surface area contributed by atoms with Gasteiger partial charge < -0.3 is 25.9 Å². The molecule has 1 saturated heterocycles. The number of aromatic nitrogens is 2. The van der Waals surface area contributed by atoms with E-state index < -0.39 is 4.92 Å². The molecule has 0 radical (unpaired) electrons. The maximum absolute atomic E-state index is 10.9. The summed E-state index contributed by atoms with van der Waals surface area (Å²) in [6.45, 7) is 0.736. The molecule has 104 valence electrons. The van der Waals surface area contributed by atoms with Crippen molar-refractivity contribution in [1.82, 2.24) is 9.55 Å². The van der Waals surface area contributed by atoms with Gasteiger partial charge in [0.25, 0.3) is 0 Å². The molecule has 2 heterocycles. The van der Waals surface area contributed by atoms with Crippen LogP contribution in [-0.2, 0) is 11.8 Å². The molecule has 0 bridgehead atoms. The molecule has 0 spiro atoms. The van der Waals surface area contributed by atoms with Crippen LogP contribution in [-0.4, -0.2) is 39.3 Å². The van der Waals surface area contributed by atoms with Crippen molar-refractivity contribution < 1.29 is 9.66 Å². The lowest BCUT2D eigenvalue weighted by atomic mass is 9.68. The van der Waals surface area contributed by atoms with Gasteiger partial charge in [-0.05, 0) is 22.7 Å². The van der Waals surface area contributed by atoms with E-state index in [4.69, 9.17) is 10.5 Å². The molecule has 1 saturated carbocycles. The van der Waals surface area contributed by atoms with Crippen molar-refractivity contribution in [2.45, 2.75) is 31.0 Å². The van der Waals surface area contributed by atoms with E-state index in [0.717, 1.165) is 19.4 Å². The van der Waals surface area contributed by atoms with Crippen molar-refractivity contribution in [2.24, 2.45) is 18.7 Å². The minimum absolute atomic E-state index is 0.0280. The van der Waals surface area contributed by atoms with Gasteiger partial charge in [-0.1, -0.05) is 0 Å². The number of nitrogens with one attached hydrogen (secondary N) is 1. The Morgan fingerprint density at radius 2 is 2.47 bits per heavy atom. The maximum atomic E-state index is 10.9. The average molecular weight is 267 g/mol. The Labute approximate surface area is 110 Å². The summed E-state index contributed by atoms with van der Waals surface area (Å²) in [6.07, 6.45) is 3.58. The van der Waals surface area contributed by atoms with Gasteiger partial charge in [0.05, 0.1) is 12.1 Å². The van der Waals surface area contributed by atoms with E-state index in [0.29, 0.717) is 11.7 Å². The number of rotatable bonds is 3. The molecule has 3 N–H and O–H groups in total. The number of nitrogens with two attached hydrogens (primary N) is 1. The molecule has 0 aromatic carbocycles. The van der Waals surface area contributed by atoms with E-state index in [1.165, 1.54) is 6.33 Å². The summed E-state index contributed by atoms with van der Waals surface area (Å²) in [5.41, 5.74) is 6.13. The van der Waals surface area contributed by atoms with Crippen molar-refractivity contribution in [3.8, 4) is 0 Å². The summed E-state index contributed by atoms with van der Waals surface area (Å²) in [5.74, 6) is 0.575. The molecule has 2 fully saturated rings. The SMILES string of the molecule is Cn1cnc([N+](=O)[O-])c1NC1C(N)C2CCCOC21. The zero-order valence-corrected chi connectivity index (χ0v) is 10.7. The third-order valence-corrected chi connectivity index (χ3v) is 4.07. The van der Waals surface area contributed by atoms with E-state index in [-0.39, 0.29) is 24.0 Å². The second-order valence-corrected chi connectivity index (χ2v) is 5.17. The van der Waals surface area contributed by atoms with Gasteiger partial charge in [-0.25, -0.2) is 0 Å². The Morgan fingerprint density at radius 1 is 1.68 bits per heavy atom. The number of fused-ring (bicyclic) bond motifs is 1. The van der Waals surface area contributed by atoms with Crippen LogP contribution in [0.25, 0.3) is 0 Å². The van der Waals surface area contributed by atoms with Crippen LogP contribution in [0.1, 0.15) is 12.8 Å². The minimum Gasteiger partial charge on any atom is -0.376 e. The number of nitro groups is 1. The summed E-state index contributed by atoms with van der Waals surface area (Å²) >= 11 is 0. The fraction of sp³-hybridized carbons (Fsp3) is 0.727. The fourth-order valence-corrected chi connectivity index (χ4v) is 3.00. The molecule has 19 heavy (non-hydrogen) atoms. The number of aryl methyl sites for hydroxylation is 1. The lowest BCUT2D eigenvalue weighted by molar-refractivity contribution is -0.388. The number of imidazole rings is 1. The number of anilines is 1. The van der Waals surface area contributed by atoms with E-state index in [1.807, 2.05) is 0 Å². The Hall–Kier alpha value is -1.67. The van der Waals surface area contributed by atoms with Crippen LogP contribution in [0.4, 0.5) is 11.6 Å². The van der Waals surface area contributed by atoms with Crippen molar-refractivity contribution >= 4 is 11.6 Å². The second kappa shape index (κ2) is 4.46. The van der Waals surface area contributed by atoms with E-state index in [1.54, 1.807) is 11.6 Å². The van der Waals surface area contributed by atoms with Gasteiger partial charge in [0.1, 0.15) is 0 Å². The zero-order chi connectivity index (χ0) is 13.6. The van der Waals surface area contributed by atoms with Crippen molar-refractivity contribution in [2.75, 3.05) is 11.9 Å². The highest BCUT2D eigenvalue weighted by molar-refractivity contribution is 5.53.